The van der Waals surface area contributed by atoms with Gasteiger partial charge in [-0.2, -0.15) is 0 Å². The molecule has 1 saturated carbocycles. The van der Waals surface area contributed by atoms with Gasteiger partial charge in [0.25, 0.3) is 0 Å². The largest absolute Gasteiger partial charge is 0.357 e. The maximum atomic E-state index is 12.2. The van der Waals surface area contributed by atoms with Gasteiger partial charge in [0.1, 0.15) is 5.82 Å². The van der Waals surface area contributed by atoms with Crippen LogP contribution in [-0.2, 0) is 4.79 Å². The number of amides is 1. The Morgan fingerprint density at radius 3 is 2.64 bits per heavy atom. The predicted molar refractivity (Wildman–Crippen MR) is 91.0 cm³/mol. The molecule has 1 fully saturated rings. The number of carbonyl (C=O) groups is 1. The Balaban J connectivity index is 1.88. The molecule has 0 radical (unpaired) electrons. The van der Waals surface area contributed by atoms with Crippen molar-refractivity contribution in [1.29, 1.82) is 0 Å². The standard InChI is InChI=1S/C17H28N4O/c1-3-21(4-2)16-10-9-14(12-19-16)20-17(22)11-13-7-5-6-8-15(13)18/h9-10,12-13,15H,3-8,11,18H2,1-2H3,(H,20,22). The van der Waals surface area contributed by atoms with Crippen molar-refractivity contribution < 1.29 is 4.79 Å². The highest BCUT2D eigenvalue weighted by Gasteiger charge is 2.24. The van der Waals surface area contributed by atoms with Crippen molar-refractivity contribution >= 4 is 17.4 Å². The molecule has 5 nitrogen and oxygen atoms in total. The summed E-state index contributed by atoms with van der Waals surface area (Å²) in [5, 5.41) is 2.94. The Labute approximate surface area is 133 Å². The molecular formula is C17H28N4O. The normalized spacial score (nSPS) is 21.4. The van der Waals surface area contributed by atoms with Crippen molar-refractivity contribution in [2.45, 2.75) is 52.0 Å². The molecule has 0 spiro atoms. The molecule has 0 bridgehead atoms. The molecule has 2 unspecified atom stereocenters. The summed E-state index contributed by atoms with van der Waals surface area (Å²) in [7, 11) is 0. The fourth-order valence-electron chi connectivity index (χ4n) is 3.13. The first-order chi connectivity index (χ1) is 10.6. The van der Waals surface area contributed by atoms with Gasteiger partial charge >= 0.3 is 0 Å². The molecular weight excluding hydrogens is 276 g/mol. The number of anilines is 2. The molecule has 3 N–H and O–H groups in total. The Morgan fingerprint density at radius 2 is 2.05 bits per heavy atom. The Kier molecular flexibility index (Phi) is 6.19. The van der Waals surface area contributed by atoms with E-state index in [9.17, 15) is 4.79 Å². The quantitative estimate of drug-likeness (QED) is 0.847. The minimum atomic E-state index is 0.0414. The molecule has 2 rings (SSSR count). The average Bonchev–Trinajstić information content (AvgIpc) is 2.52. The van der Waals surface area contributed by atoms with Crippen LogP contribution < -0.4 is 16.0 Å². The van der Waals surface area contributed by atoms with Crippen LogP contribution in [0.4, 0.5) is 11.5 Å². The number of pyridine rings is 1. The van der Waals surface area contributed by atoms with Gasteiger partial charge in [0.15, 0.2) is 0 Å². The maximum absolute atomic E-state index is 12.2. The van der Waals surface area contributed by atoms with E-state index in [0.717, 1.165) is 37.4 Å². The van der Waals surface area contributed by atoms with Crippen LogP contribution in [0.25, 0.3) is 0 Å². The molecule has 0 saturated heterocycles. The molecule has 1 heterocycles. The van der Waals surface area contributed by atoms with Crippen molar-refractivity contribution in [3.8, 4) is 0 Å². The minimum absolute atomic E-state index is 0.0414. The molecule has 0 aliphatic heterocycles. The first-order valence-electron chi connectivity index (χ1n) is 8.40. The van der Waals surface area contributed by atoms with Gasteiger partial charge in [-0.25, -0.2) is 4.98 Å². The summed E-state index contributed by atoms with van der Waals surface area (Å²) >= 11 is 0. The molecule has 22 heavy (non-hydrogen) atoms. The molecule has 1 amide bonds. The third kappa shape index (κ3) is 4.44. The van der Waals surface area contributed by atoms with E-state index in [2.05, 4.69) is 29.0 Å². The number of carbonyl (C=O) groups excluding carboxylic acids is 1. The lowest BCUT2D eigenvalue weighted by Gasteiger charge is -2.27. The zero-order valence-electron chi connectivity index (χ0n) is 13.7. The van der Waals surface area contributed by atoms with Gasteiger partial charge in [0.2, 0.25) is 5.91 Å². The highest BCUT2D eigenvalue weighted by atomic mass is 16.1. The summed E-state index contributed by atoms with van der Waals surface area (Å²) in [5.41, 5.74) is 6.86. The topological polar surface area (TPSA) is 71.2 Å². The van der Waals surface area contributed by atoms with Crippen LogP contribution in [0.1, 0.15) is 46.0 Å². The predicted octanol–water partition coefficient (Wildman–Crippen LogP) is 2.77. The van der Waals surface area contributed by atoms with E-state index in [-0.39, 0.29) is 11.9 Å². The smallest absolute Gasteiger partial charge is 0.224 e. The zero-order valence-corrected chi connectivity index (χ0v) is 13.7. The van der Waals surface area contributed by atoms with Crippen LogP contribution in [0.5, 0.6) is 0 Å². The van der Waals surface area contributed by atoms with E-state index in [1.165, 1.54) is 12.8 Å². The monoisotopic (exact) mass is 304 g/mol. The first kappa shape index (κ1) is 16.7. The van der Waals surface area contributed by atoms with E-state index in [1.54, 1.807) is 6.20 Å². The van der Waals surface area contributed by atoms with Gasteiger partial charge in [-0.1, -0.05) is 12.8 Å². The molecule has 5 heteroatoms. The lowest BCUT2D eigenvalue weighted by molar-refractivity contribution is -0.117. The number of nitrogens with two attached hydrogens (primary N) is 1. The number of hydrogen-bond donors (Lipinski definition) is 2. The van der Waals surface area contributed by atoms with Crippen molar-refractivity contribution in [2.75, 3.05) is 23.3 Å². The Morgan fingerprint density at radius 1 is 1.32 bits per heavy atom. The summed E-state index contributed by atoms with van der Waals surface area (Å²) in [6, 6.07) is 4.04. The highest BCUT2D eigenvalue weighted by Crippen LogP contribution is 2.26. The van der Waals surface area contributed by atoms with Crippen LogP contribution in [0, 0.1) is 5.92 Å². The molecule has 1 aromatic heterocycles. The van der Waals surface area contributed by atoms with Crippen LogP contribution >= 0.6 is 0 Å². The molecule has 122 valence electrons. The van der Waals surface area contributed by atoms with Gasteiger partial charge in [0, 0.05) is 25.6 Å². The molecule has 0 aromatic carbocycles. The van der Waals surface area contributed by atoms with Gasteiger partial charge in [-0.15, -0.1) is 0 Å². The van der Waals surface area contributed by atoms with E-state index in [0.29, 0.717) is 12.3 Å². The van der Waals surface area contributed by atoms with Crippen molar-refractivity contribution in [2.24, 2.45) is 11.7 Å². The van der Waals surface area contributed by atoms with Gasteiger partial charge in [-0.05, 0) is 44.7 Å². The number of hydrogen-bond acceptors (Lipinski definition) is 4. The van der Waals surface area contributed by atoms with E-state index >= 15 is 0 Å². The lowest BCUT2D eigenvalue weighted by atomic mass is 9.83. The molecule has 2 atom stereocenters. The second-order valence-corrected chi connectivity index (χ2v) is 6.04. The number of nitrogens with one attached hydrogen (secondary N) is 1. The highest BCUT2D eigenvalue weighted by molar-refractivity contribution is 5.90. The van der Waals surface area contributed by atoms with Crippen LogP contribution in [-0.4, -0.2) is 30.0 Å². The van der Waals surface area contributed by atoms with E-state index < -0.39 is 0 Å². The minimum Gasteiger partial charge on any atom is -0.357 e. The number of rotatable bonds is 6. The third-order valence-electron chi connectivity index (χ3n) is 4.53. The Bertz CT molecular complexity index is 470. The van der Waals surface area contributed by atoms with Crippen molar-refractivity contribution in [3.05, 3.63) is 18.3 Å². The first-order valence-corrected chi connectivity index (χ1v) is 8.40. The van der Waals surface area contributed by atoms with Gasteiger partial charge in [-0.3, -0.25) is 4.79 Å². The van der Waals surface area contributed by atoms with Gasteiger partial charge in [0.05, 0.1) is 11.9 Å². The van der Waals surface area contributed by atoms with Crippen LogP contribution in [0.15, 0.2) is 18.3 Å². The molecule has 1 aromatic rings. The van der Waals surface area contributed by atoms with Crippen LogP contribution in [0.3, 0.4) is 0 Å². The van der Waals surface area contributed by atoms with Crippen LogP contribution in [0.2, 0.25) is 0 Å². The molecule has 1 aliphatic rings. The SMILES string of the molecule is CCN(CC)c1ccc(NC(=O)CC2CCCCC2N)cn1. The summed E-state index contributed by atoms with van der Waals surface area (Å²) < 4.78 is 0. The van der Waals surface area contributed by atoms with E-state index in [1.807, 2.05) is 12.1 Å². The molecule has 1 aliphatic carbocycles. The van der Waals surface area contributed by atoms with Crippen molar-refractivity contribution in [1.82, 2.24) is 4.98 Å². The fraction of sp³-hybridized carbons (Fsp3) is 0.647. The summed E-state index contributed by atoms with van der Waals surface area (Å²) in [6.45, 7) is 6.06. The van der Waals surface area contributed by atoms with E-state index in [4.69, 9.17) is 5.73 Å². The second kappa shape index (κ2) is 8.13. The maximum Gasteiger partial charge on any atom is 0.224 e. The Hall–Kier alpha value is -1.62. The zero-order chi connectivity index (χ0) is 15.9. The van der Waals surface area contributed by atoms with Gasteiger partial charge < -0.3 is 16.0 Å². The summed E-state index contributed by atoms with van der Waals surface area (Å²) in [4.78, 5) is 18.7. The average molecular weight is 304 g/mol. The summed E-state index contributed by atoms with van der Waals surface area (Å²) in [6.07, 6.45) is 6.72. The summed E-state index contributed by atoms with van der Waals surface area (Å²) in [5.74, 6) is 1.30. The van der Waals surface area contributed by atoms with Crippen molar-refractivity contribution in [3.63, 3.8) is 0 Å². The fourth-order valence-corrected chi connectivity index (χ4v) is 3.13. The number of aromatic nitrogens is 1. The third-order valence-corrected chi connectivity index (χ3v) is 4.53. The number of nitrogens with zero attached hydrogens (tertiary/aromatic N) is 2. The lowest BCUT2D eigenvalue weighted by Crippen LogP contribution is -2.35. The second-order valence-electron chi connectivity index (χ2n) is 6.04.